The molecule has 1 atom stereocenters. The molecule has 1 aliphatic carbocycles. The monoisotopic (exact) mass is 375 g/mol. The fourth-order valence-corrected chi connectivity index (χ4v) is 4.15. The van der Waals surface area contributed by atoms with Crippen LogP contribution in [0.5, 0.6) is 0 Å². The van der Waals surface area contributed by atoms with E-state index >= 15 is 0 Å². The van der Waals surface area contributed by atoms with Crippen molar-refractivity contribution in [3.63, 3.8) is 0 Å². The number of rotatable bonds is 2. The Morgan fingerprint density at radius 3 is 2.46 bits per heavy atom. The van der Waals surface area contributed by atoms with E-state index in [0.29, 0.717) is 6.42 Å². The third-order valence-corrected chi connectivity index (χ3v) is 5.50. The van der Waals surface area contributed by atoms with Crippen LogP contribution in [0.3, 0.4) is 0 Å². The van der Waals surface area contributed by atoms with Crippen LogP contribution in [0.15, 0.2) is 59.8 Å². The molecule has 144 valence electrons. The van der Waals surface area contributed by atoms with E-state index in [9.17, 15) is 9.59 Å². The van der Waals surface area contributed by atoms with E-state index in [2.05, 4.69) is 5.32 Å². The van der Waals surface area contributed by atoms with Gasteiger partial charge in [-0.2, -0.15) is 0 Å². The van der Waals surface area contributed by atoms with E-state index in [1.165, 1.54) is 0 Å². The van der Waals surface area contributed by atoms with Crippen molar-refractivity contribution in [3.8, 4) is 0 Å². The van der Waals surface area contributed by atoms with Crippen LogP contribution in [0, 0.1) is 0 Å². The first-order valence-electron chi connectivity index (χ1n) is 9.66. The van der Waals surface area contributed by atoms with Gasteiger partial charge in [-0.3, -0.25) is 14.5 Å². The van der Waals surface area contributed by atoms with Gasteiger partial charge in [0, 0.05) is 44.4 Å². The zero-order chi connectivity index (χ0) is 19.8. The second kappa shape index (κ2) is 7.15. The van der Waals surface area contributed by atoms with Gasteiger partial charge in [0.2, 0.25) is 5.91 Å². The first-order valence-corrected chi connectivity index (χ1v) is 9.66. The molecule has 0 radical (unpaired) electrons. The van der Waals surface area contributed by atoms with Crippen LogP contribution in [-0.4, -0.2) is 25.8 Å². The summed E-state index contributed by atoms with van der Waals surface area (Å²) in [7, 11) is 3.99. The van der Waals surface area contributed by atoms with E-state index in [1.807, 2.05) is 67.5 Å². The van der Waals surface area contributed by atoms with Crippen molar-refractivity contribution in [3.05, 3.63) is 65.4 Å². The predicted octanol–water partition coefficient (Wildman–Crippen LogP) is 4.28. The normalized spacial score (nSPS) is 18.8. The van der Waals surface area contributed by atoms with Gasteiger partial charge in [-0.1, -0.05) is 24.3 Å². The number of allylic oxidation sites excluding steroid dienone is 1. The molecule has 0 fully saturated rings. The van der Waals surface area contributed by atoms with Crippen molar-refractivity contribution in [1.29, 1.82) is 0 Å². The summed E-state index contributed by atoms with van der Waals surface area (Å²) in [6.45, 7) is 1.57. The number of para-hydroxylation sites is 2. The van der Waals surface area contributed by atoms with Crippen LogP contribution in [0.4, 0.5) is 17.1 Å². The summed E-state index contributed by atoms with van der Waals surface area (Å²) in [6, 6.07) is 15.5. The molecule has 0 saturated heterocycles. The average Bonchev–Trinajstić information content (AvgIpc) is 2.83. The molecule has 0 bridgehead atoms. The molecule has 0 aromatic heterocycles. The number of nitrogens with zero attached hydrogens (tertiary/aromatic N) is 2. The number of carbonyl (C=O) groups excluding carboxylic acids is 2. The van der Waals surface area contributed by atoms with Crippen LogP contribution in [0.25, 0.3) is 0 Å². The minimum atomic E-state index is -0.423. The topological polar surface area (TPSA) is 52.7 Å². The highest BCUT2D eigenvalue weighted by molar-refractivity contribution is 6.05. The number of anilines is 3. The molecular formula is C23H25N3O2. The van der Waals surface area contributed by atoms with Gasteiger partial charge in [0.25, 0.3) is 0 Å². The molecule has 1 N–H and O–H groups in total. The Kier molecular flexibility index (Phi) is 4.67. The zero-order valence-electron chi connectivity index (χ0n) is 16.5. The van der Waals surface area contributed by atoms with Gasteiger partial charge in [-0.15, -0.1) is 0 Å². The van der Waals surface area contributed by atoms with Gasteiger partial charge in [-0.05, 0) is 42.7 Å². The summed E-state index contributed by atoms with van der Waals surface area (Å²) in [4.78, 5) is 29.6. The molecule has 28 heavy (non-hydrogen) atoms. The fraction of sp³-hybridized carbons (Fsp3) is 0.304. The second-order valence-electron chi connectivity index (χ2n) is 7.59. The lowest BCUT2D eigenvalue weighted by Gasteiger charge is -2.33. The largest absolute Gasteiger partial charge is 0.378 e. The maximum absolute atomic E-state index is 13.0. The molecule has 0 unspecified atom stereocenters. The van der Waals surface area contributed by atoms with E-state index in [1.54, 1.807) is 11.8 Å². The van der Waals surface area contributed by atoms with Crippen LogP contribution >= 0.6 is 0 Å². The molecule has 1 amide bonds. The van der Waals surface area contributed by atoms with Gasteiger partial charge < -0.3 is 10.2 Å². The molecule has 2 aliphatic rings. The van der Waals surface area contributed by atoms with Crippen molar-refractivity contribution in [1.82, 2.24) is 0 Å². The minimum Gasteiger partial charge on any atom is -0.378 e. The van der Waals surface area contributed by atoms with Crippen molar-refractivity contribution in [2.45, 2.75) is 32.2 Å². The number of Topliss-reactive ketones (excluding diaryl/α,β-unsaturated/α-hetero) is 1. The van der Waals surface area contributed by atoms with E-state index < -0.39 is 6.04 Å². The lowest BCUT2D eigenvalue weighted by atomic mass is 9.85. The number of hydrogen-bond acceptors (Lipinski definition) is 4. The van der Waals surface area contributed by atoms with Gasteiger partial charge in [0.1, 0.15) is 0 Å². The molecule has 5 nitrogen and oxygen atoms in total. The molecule has 5 heteroatoms. The lowest BCUT2D eigenvalue weighted by molar-refractivity contribution is -0.117. The Balaban J connectivity index is 1.94. The standard InChI is InChI=1S/C23H25N3O2/c1-15(27)26-20-9-5-4-7-18(20)24-19-8-6-10-21(28)22(19)23(26)16-11-13-17(14-12-16)25(2)3/h4-5,7,9,11-14,23-24H,6,8,10H2,1-3H3/t23-/m1/s1. The first kappa shape index (κ1) is 18.3. The Labute approximate surface area is 165 Å². The molecule has 1 aliphatic heterocycles. The molecule has 0 saturated carbocycles. The van der Waals surface area contributed by atoms with E-state index in [4.69, 9.17) is 0 Å². The maximum Gasteiger partial charge on any atom is 0.224 e. The smallest absolute Gasteiger partial charge is 0.224 e. The molecule has 0 spiro atoms. The van der Waals surface area contributed by atoms with Crippen molar-refractivity contribution < 1.29 is 9.59 Å². The van der Waals surface area contributed by atoms with Crippen LogP contribution in [-0.2, 0) is 9.59 Å². The second-order valence-corrected chi connectivity index (χ2v) is 7.59. The molecule has 2 aromatic rings. The summed E-state index contributed by atoms with van der Waals surface area (Å²) >= 11 is 0. The van der Waals surface area contributed by atoms with Crippen molar-refractivity contribution in [2.75, 3.05) is 29.2 Å². The summed E-state index contributed by atoms with van der Waals surface area (Å²) < 4.78 is 0. The Morgan fingerprint density at radius 2 is 1.79 bits per heavy atom. The summed E-state index contributed by atoms with van der Waals surface area (Å²) in [5, 5.41) is 3.46. The van der Waals surface area contributed by atoms with Crippen LogP contribution in [0.2, 0.25) is 0 Å². The van der Waals surface area contributed by atoms with Gasteiger partial charge in [0.05, 0.1) is 17.4 Å². The molecular weight excluding hydrogens is 350 g/mol. The number of hydrogen-bond donors (Lipinski definition) is 1. The number of nitrogens with one attached hydrogen (secondary N) is 1. The van der Waals surface area contributed by atoms with Gasteiger partial charge >= 0.3 is 0 Å². The third kappa shape index (κ3) is 3.07. The van der Waals surface area contributed by atoms with Gasteiger partial charge in [0.15, 0.2) is 5.78 Å². The van der Waals surface area contributed by atoms with E-state index in [0.717, 1.165) is 46.7 Å². The predicted molar refractivity (Wildman–Crippen MR) is 113 cm³/mol. The Bertz CT molecular complexity index is 960. The SMILES string of the molecule is CC(=O)N1c2ccccc2NC2=C(C(=O)CCC2)[C@H]1c1ccc(N(C)C)cc1. The summed E-state index contributed by atoms with van der Waals surface area (Å²) in [5.74, 6) is 0.0394. The number of fused-ring (bicyclic) bond motifs is 1. The van der Waals surface area contributed by atoms with Gasteiger partial charge in [-0.25, -0.2) is 0 Å². The van der Waals surface area contributed by atoms with E-state index in [-0.39, 0.29) is 11.7 Å². The Hall–Kier alpha value is -3.08. The van der Waals surface area contributed by atoms with Crippen LogP contribution < -0.4 is 15.1 Å². The summed E-state index contributed by atoms with van der Waals surface area (Å²) in [6.07, 6.45) is 2.17. The first-order chi connectivity index (χ1) is 13.5. The van der Waals surface area contributed by atoms with Crippen LogP contribution in [0.1, 0.15) is 37.8 Å². The average molecular weight is 375 g/mol. The van der Waals surface area contributed by atoms with Crippen molar-refractivity contribution >= 4 is 28.8 Å². The highest BCUT2D eigenvalue weighted by atomic mass is 16.2. The quantitative estimate of drug-likeness (QED) is 0.851. The highest BCUT2D eigenvalue weighted by Crippen LogP contribution is 2.44. The van der Waals surface area contributed by atoms with Crippen molar-refractivity contribution in [2.24, 2.45) is 0 Å². The third-order valence-electron chi connectivity index (χ3n) is 5.50. The molecule has 1 heterocycles. The molecule has 2 aromatic carbocycles. The highest BCUT2D eigenvalue weighted by Gasteiger charge is 2.38. The Morgan fingerprint density at radius 1 is 1.07 bits per heavy atom. The number of ketones is 1. The minimum absolute atomic E-state index is 0.0805. The maximum atomic E-state index is 13.0. The zero-order valence-corrected chi connectivity index (χ0v) is 16.5. The lowest BCUT2D eigenvalue weighted by Crippen LogP contribution is -2.36. The summed E-state index contributed by atoms with van der Waals surface area (Å²) in [5.41, 5.74) is 5.35. The number of carbonyl (C=O) groups is 2. The number of benzene rings is 2. The fourth-order valence-electron chi connectivity index (χ4n) is 4.15. The number of amides is 1. The molecule has 4 rings (SSSR count).